The Labute approximate surface area is 114 Å². The Morgan fingerprint density at radius 3 is 2.53 bits per heavy atom. The van der Waals surface area contributed by atoms with Gasteiger partial charge in [-0.1, -0.05) is 23.2 Å². The van der Waals surface area contributed by atoms with Gasteiger partial charge >= 0.3 is 0 Å². The van der Waals surface area contributed by atoms with Crippen LogP contribution in [0.4, 0.5) is 11.4 Å². The molecule has 90 valence electrons. The number of aryl methyl sites for hydroxylation is 1. The molecule has 0 aliphatic heterocycles. The van der Waals surface area contributed by atoms with E-state index < -0.39 is 0 Å². The molecule has 0 bridgehead atoms. The van der Waals surface area contributed by atoms with Crippen molar-refractivity contribution < 1.29 is 0 Å². The number of hydrogen-bond donors (Lipinski definition) is 2. The van der Waals surface area contributed by atoms with E-state index in [2.05, 4.69) is 10.3 Å². The van der Waals surface area contributed by atoms with E-state index in [1.54, 1.807) is 23.5 Å². The van der Waals surface area contributed by atoms with Crippen molar-refractivity contribution in [2.45, 2.75) is 13.5 Å². The molecule has 0 fully saturated rings. The number of benzene rings is 1. The van der Waals surface area contributed by atoms with Crippen LogP contribution < -0.4 is 11.1 Å². The Balaban J connectivity index is 2.14. The Morgan fingerprint density at radius 1 is 1.35 bits per heavy atom. The molecule has 1 aromatic carbocycles. The molecular weight excluding hydrogens is 277 g/mol. The fourth-order valence-electron chi connectivity index (χ4n) is 1.42. The molecule has 3 N–H and O–H groups in total. The van der Waals surface area contributed by atoms with Gasteiger partial charge in [0.2, 0.25) is 0 Å². The van der Waals surface area contributed by atoms with E-state index in [4.69, 9.17) is 28.9 Å². The summed E-state index contributed by atoms with van der Waals surface area (Å²) in [5, 5.41) is 5.28. The number of hydrogen-bond acceptors (Lipinski definition) is 4. The number of anilines is 2. The molecule has 6 heteroatoms. The van der Waals surface area contributed by atoms with Crippen LogP contribution in [0.5, 0.6) is 0 Å². The monoisotopic (exact) mass is 287 g/mol. The molecule has 0 saturated carbocycles. The number of aromatic nitrogens is 1. The van der Waals surface area contributed by atoms with Crippen LogP contribution in [0.15, 0.2) is 18.3 Å². The van der Waals surface area contributed by atoms with Gasteiger partial charge in [-0.3, -0.25) is 0 Å². The van der Waals surface area contributed by atoms with Crippen LogP contribution in [0.25, 0.3) is 0 Å². The predicted molar refractivity (Wildman–Crippen MR) is 75.1 cm³/mol. The summed E-state index contributed by atoms with van der Waals surface area (Å²) in [6.07, 6.45) is 1.84. The first-order valence-electron chi connectivity index (χ1n) is 4.96. The molecule has 0 unspecified atom stereocenters. The number of rotatable bonds is 3. The van der Waals surface area contributed by atoms with Gasteiger partial charge < -0.3 is 11.1 Å². The van der Waals surface area contributed by atoms with Gasteiger partial charge in [-0.15, -0.1) is 11.3 Å². The van der Waals surface area contributed by atoms with Gasteiger partial charge in [0.25, 0.3) is 0 Å². The third-order valence-corrected chi connectivity index (χ3v) is 3.68. The maximum Gasteiger partial charge on any atom is 0.0897 e. The van der Waals surface area contributed by atoms with Crippen molar-refractivity contribution in [1.82, 2.24) is 4.98 Å². The van der Waals surface area contributed by atoms with Gasteiger partial charge in [0.15, 0.2) is 0 Å². The van der Waals surface area contributed by atoms with Gasteiger partial charge in [0.1, 0.15) is 0 Å². The summed E-state index contributed by atoms with van der Waals surface area (Å²) >= 11 is 13.8. The molecule has 3 nitrogen and oxygen atoms in total. The summed E-state index contributed by atoms with van der Waals surface area (Å²) in [5.74, 6) is 0. The molecular formula is C11H11Cl2N3S. The Hall–Kier alpha value is -0.970. The lowest BCUT2D eigenvalue weighted by molar-refractivity contribution is 1.17. The van der Waals surface area contributed by atoms with Gasteiger partial charge in [0, 0.05) is 16.8 Å². The van der Waals surface area contributed by atoms with E-state index in [1.165, 1.54) is 0 Å². The minimum Gasteiger partial charge on any atom is -0.399 e. The van der Waals surface area contributed by atoms with E-state index in [-0.39, 0.29) is 0 Å². The van der Waals surface area contributed by atoms with Gasteiger partial charge in [-0.2, -0.15) is 0 Å². The molecule has 0 aliphatic carbocycles. The highest BCUT2D eigenvalue weighted by Gasteiger charge is 2.07. The first-order chi connectivity index (χ1) is 8.06. The van der Waals surface area contributed by atoms with E-state index in [1.807, 2.05) is 13.1 Å². The van der Waals surface area contributed by atoms with Crippen LogP contribution in [-0.2, 0) is 6.54 Å². The molecule has 0 saturated heterocycles. The highest BCUT2D eigenvalue weighted by Crippen LogP contribution is 2.33. The van der Waals surface area contributed by atoms with Crippen molar-refractivity contribution in [3.8, 4) is 0 Å². The van der Waals surface area contributed by atoms with Crippen molar-refractivity contribution in [3.05, 3.63) is 38.3 Å². The minimum absolute atomic E-state index is 0.524. The fourth-order valence-corrected chi connectivity index (χ4v) is 2.80. The molecule has 0 amide bonds. The number of halogens is 2. The van der Waals surface area contributed by atoms with Crippen LogP contribution in [0.2, 0.25) is 10.0 Å². The third kappa shape index (κ3) is 3.03. The Kier molecular flexibility index (Phi) is 3.76. The quantitative estimate of drug-likeness (QED) is 0.841. The summed E-state index contributed by atoms with van der Waals surface area (Å²) < 4.78 is 0. The van der Waals surface area contributed by atoms with Gasteiger partial charge in [0.05, 0.1) is 27.3 Å². The van der Waals surface area contributed by atoms with Gasteiger partial charge in [-0.25, -0.2) is 4.98 Å². The summed E-state index contributed by atoms with van der Waals surface area (Å²) in [6, 6.07) is 3.35. The Bertz CT molecular complexity index is 516. The molecule has 2 rings (SSSR count). The Morgan fingerprint density at radius 2 is 2.00 bits per heavy atom. The van der Waals surface area contributed by atoms with Crippen molar-refractivity contribution >= 4 is 45.9 Å². The minimum atomic E-state index is 0.524. The van der Waals surface area contributed by atoms with Crippen molar-refractivity contribution in [2.24, 2.45) is 0 Å². The molecule has 1 heterocycles. The molecule has 0 spiro atoms. The zero-order valence-electron chi connectivity index (χ0n) is 9.13. The average Bonchev–Trinajstić information content (AvgIpc) is 2.62. The normalized spacial score (nSPS) is 10.5. The fraction of sp³-hybridized carbons (Fsp3) is 0.182. The molecule has 2 aromatic rings. The molecule has 17 heavy (non-hydrogen) atoms. The maximum atomic E-state index is 6.07. The average molecular weight is 288 g/mol. The second-order valence-electron chi connectivity index (χ2n) is 3.56. The zero-order chi connectivity index (χ0) is 12.4. The van der Waals surface area contributed by atoms with Crippen LogP contribution in [0, 0.1) is 6.92 Å². The molecule has 1 aromatic heterocycles. The number of nitrogens with one attached hydrogen (secondary N) is 1. The highest BCUT2D eigenvalue weighted by molar-refractivity contribution is 7.11. The van der Waals surface area contributed by atoms with Crippen molar-refractivity contribution in [3.63, 3.8) is 0 Å². The van der Waals surface area contributed by atoms with E-state index in [0.717, 1.165) is 9.88 Å². The first kappa shape index (κ1) is 12.5. The number of nitrogens with zero attached hydrogens (tertiary/aromatic N) is 1. The summed E-state index contributed by atoms with van der Waals surface area (Å²) in [6.45, 7) is 2.62. The lowest BCUT2D eigenvalue weighted by Crippen LogP contribution is -1.99. The zero-order valence-corrected chi connectivity index (χ0v) is 11.5. The SMILES string of the molecule is Cc1ncc(CNc2c(Cl)cc(N)cc2Cl)s1. The van der Waals surface area contributed by atoms with Crippen LogP contribution >= 0.6 is 34.5 Å². The molecule has 0 radical (unpaired) electrons. The number of thiazole rings is 1. The lowest BCUT2D eigenvalue weighted by Gasteiger charge is -2.10. The van der Waals surface area contributed by atoms with Crippen LogP contribution in [-0.4, -0.2) is 4.98 Å². The van der Waals surface area contributed by atoms with Crippen LogP contribution in [0.1, 0.15) is 9.88 Å². The number of nitrogen functional groups attached to an aromatic ring is 1. The topological polar surface area (TPSA) is 50.9 Å². The van der Waals surface area contributed by atoms with Crippen molar-refractivity contribution in [2.75, 3.05) is 11.1 Å². The second-order valence-corrected chi connectivity index (χ2v) is 5.69. The molecule has 0 atom stereocenters. The summed E-state index contributed by atoms with van der Waals surface area (Å²) in [5.41, 5.74) is 6.89. The highest BCUT2D eigenvalue weighted by atomic mass is 35.5. The number of nitrogens with two attached hydrogens (primary N) is 1. The summed E-state index contributed by atoms with van der Waals surface area (Å²) in [4.78, 5) is 5.31. The smallest absolute Gasteiger partial charge is 0.0897 e. The second kappa shape index (κ2) is 5.12. The van der Waals surface area contributed by atoms with Crippen molar-refractivity contribution in [1.29, 1.82) is 0 Å². The summed E-state index contributed by atoms with van der Waals surface area (Å²) in [7, 11) is 0. The van der Waals surface area contributed by atoms with E-state index in [0.29, 0.717) is 28.0 Å². The lowest BCUT2D eigenvalue weighted by atomic mass is 10.3. The largest absolute Gasteiger partial charge is 0.399 e. The van der Waals surface area contributed by atoms with Crippen LogP contribution in [0.3, 0.4) is 0 Å². The van der Waals surface area contributed by atoms with E-state index >= 15 is 0 Å². The van der Waals surface area contributed by atoms with E-state index in [9.17, 15) is 0 Å². The third-order valence-electron chi connectivity index (χ3n) is 2.17. The van der Waals surface area contributed by atoms with Gasteiger partial charge in [-0.05, 0) is 19.1 Å². The standard InChI is InChI=1S/C11H11Cl2N3S/c1-6-15-4-8(17-6)5-16-11-9(12)2-7(14)3-10(11)13/h2-4,16H,5,14H2,1H3. The predicted octanol–water partition coefficient (Wildman–Crippen LogP) is 3.95. The molecule has 0 aliphatic rings. The first-order valence-corrected chi connectivity index (χ1v) is 6.53. The maximum absolute atomic E-state index is 6.07.